The lowest BCUT2D eigenvalue weighted by Crippen LogP contribution is -2.43. The lowest BCUT2D eigenvalue weighted by molar-refractivity contribution is -0.119. The molecule has 0 saturated carbocycles. The molecule has 1 amide bonds. The van der Waals surface area contributed by atoms with Gasteiger partial charge in [-0.05, 0) is 13.3 Å². The number of amides is 1. The molecule has 1 atom stereocenters. The van der Waals surface area contributed by atoms with E-state index in [0.29, 0.717) is 18.1 Å². The Bertz CT molecular complexity index is 604. The van der Waals surface area contributed by atoms with Crippen LogP contribution in [0.25, 0.3) is 4.96 Å². The Morgan fingerprint density at radius 3 is 3.00 bits per heavy atom. The second-order valence-corrected chi connectivity index (χ2v) is 5.14. The number of nitrogens with zero attached hydrogens (tertiary/aromatic N) is 3. The number of carbonyl (C=O) groups excluding carboxylic acids is 2. The Morgan fingerprint density at radius 2 is 2.42 bits per heavy atom. The summed E-state index contributed by atoms with van der Waals surface area (Å²) >= 11 is 1.44. The van der Waals surface area contributed by atoms with Crippen molar-refractivity contribution in [1.82, 2.24) is 9.38 Å². The SMILES string of the molecule is CCCN(c1nc2sccn2c1C=O)C(C)C(N)=O. The Hall–Kier alpha value is -1.89. The van der Waals surface area contributed by atoms with Crippen molar-refractivity contribution >= 4 is 34.3 Å². The summed E-state index contributed by atoms with van der Waals surface area (Å²) in [7, 11) is 0. The van der Waals surface area contributed by atoms with Crippen LogP contribution in [0.4, 0.5) is 5.82 Å². The molecule has 2 N–H and O–H groups in total. The fourth-order valence-corrected chi connectivity index (χ4v) is 2.71. The van der Waals surface area contributed by atoms with Crippen molar-refractivity contribution in [2.75, 3.05) is 11.4 Å². The van der Waals surface area contributed by atoms with Crippen LogP contribution in [0.3, 0.4) is 0 Å². The molecular formula is C12H16N4O2S. The first kappa shape index (κ1) is 13.5. The maximum absolute atomic E-state index is 11.4. The largest absolute Gasteiger partial charge is 0.368 e. The van der Waals surface area contributed by atoms with E-state index in [9.17, 15) is 9.59 Å². The van der Waals surface area contributed by atoms with Crippen LogP contribution < -0.4 is 10.6 Å². The fourth-order valence-electron chi connectivity index (χ4n) is 1.99. The third-order valence-electron chi connectivity index (χ3n) is 3.01. The number of aromatic nitrogens is 2. The topological polar surface area (TPSA) is 80.7 Å². The number of imidazole rings is 1. The minimum absolute atomic E-state index is 0.429. The van der Waals surface area contributed by atoms with Crippen molar-refractivity contribution in [3.8, 4) is 0 Å². The summed E-state index contributed by atoms with van der Waals surface area (Å²) in [5.74, 6) is 0.0941. The van der Waals surface area contributed by atoms with E-state index in [1.54, 1.807) is 22.4 Å². The van der Waals surface area contributed by atoms with E-state index in [-0.39, 0.29) is 0 Å². The van der Waals surface area contributed by atoms with Crippen LogP contribution in [0.15, 0.2) is 11.6 Å². The maximum atomic E-state index is 11.4. The van der Waals surface area contributed by atoms with Gasteiger partial charge in [0.25, 0.3) is 0 Å². The molecule has 0 spiro atoms. The Kier molecular flexibility index (Phi) is 3.84. The van der Waals surface area contributed by atoms with Gasteiger partial charge in [-0.3, -0.25) is 14.0 Å². The Balaban J connectivity index is 2.51. The van der Waals surface area contributed by atoms with E-state index >= 15 is 0 Å². The van der Waals surface area contributed by atoms with E-state index in [4.69, 9.17) is 5.73 Å². The number of hydrogen-bond donors (Lipinski definition) is 1. The van der Waals surface area contributed by atoms with Gasteiger partial charge < -0.3 is 10.6 Å². The molecule has 0 aliphatic heterocycles. The summed E-state index contributed by atoms with van der Waals surface area (Å²) in [6.07, 6.45) is 3.39. The molecular weight excluding hydrogens is 264 g/mol. The summed E-state index contributed by atoms with van der Waals surface area (Å²) in [6.45, 7) is 4.34. The zero-order chi connectivity index (χ0) is 14.0. The maximum Gasteiger partial charge on any atom is 0.239 e. The number of anilines is 1. The quantitative estimate of drug-likeness (QED) is 0.809. The summed E-state index contributed by atoms with van der Waals surface area (Å²) in [5, 5.41) is 1.86. The molecule has 2 aromatic heterocycles. The molecule has 19 heavy (non-hydrogen) atoms. The molecule has 0 radical (unpaired) electrons. The number of nitrogens with two attached hydrogens (primary N) is 1. The van der Waals surface area contributed by atoms with Crippen molar-refractivity contribution in [2.45, 2.75) is 26.3 Å². The molecule has 0 aromatic carbocycles. The van der Waals surface area contributed by atoms with Crippen LogP contribution in [0.2, 0.25) is 0 Å². The summed E-state index contributed by atoms with van der Waals surface area (Å²) in [4.78, 5) is 29.7. The monoisotopic (exact) mass is 280 g/mol. The smallest absolute Gasteiger partial charge is 0.239 e. The standard InChI is InChI=1S/C12H16N4O2S/c1-3-4-15(8(2)10(13)18)11-9(7-17)16-5-6-19-12(16)14-11/h5-8H,3-4H2,1-2H3,(H2,13,18). The van der Waals surface area contributed by atoms with Gasteiger partial charge in [0.15, 0.2) is 17.1 Å². The molecule has 2 aromatic rings. The van der Waals surface area contributed by atoms with Gasteiger partial charge in [-0.25, -0.2) is 4.98 Å². The first-order valence-corrected chi connectivity index (χ1v) is 6.94. The van der Waals surface area contributed by atoms with E-state index in [2.05, 4.69) is 4.98 Å². The molecule has 2 rings (SSSR count). The van der Waals surface area contributed by atoms with Crippen molar-refractivity contribution in [2.24, 2.45) is 5.73 Å². The van der Waals surface area contributed by atoms with Gasteiger partial charge in [0.1, 0.15) is 11.7 Å². The van der Waals surface area contributed by atoms with Crippen molar-refractivity contribution in [3.63, 3.8) is 0 Å². The number of fused-ring (bicyclic) bond motifs is 1. The van der Waals surface area contributed by atoms with E-state index in [1.807, 2.05) is 12.3 Å². The van der Waals surface area contributed by atoms with E-state index in [1.165, 1.54) is 11.3 Å². The lowest BCUT2D eigenvalue weighted by atomic mass is 10.2. The van der Waals surface area contributed by atoms with Crippen molar-refractivity contribution < 1.29 is 9.59 Å². The average Bonchev–Trinajstić information content (AvgIpc) is 2.94. The van der Waals surface area contributed by atoms with E-state index < -0.39 is 11.9 Å². The minimum Gasteiger partial charge on any atom is -0.368 e. The van der Waals surface area contributed by atoms with Gasteiger partial charge in [-0.1, -0.05) is 6.92 Å². The van der Waals surface area contributed by atoms with Crippen molar-refractivity contribution in [1.29, 1.82) is 0 Å². The molecule has 0 saturated heterocycles. The molecule has 0 aliphatic rings. The van der Waals surface area contributed by atoms with Crippen LogP contribution >= 0.6 is 11.3 Å². The van der Waals surface area contributed by atoms with Crippen LogP contribution in [0.1, 0.15) is 30.8 Å². The van der Waals surface area contributed by atoms with Crippen LogP contribution in [-0.2, 0) is 4.79 Å². The Labute approximate surface area is 114 Å². The van der Waals surface area contributed by atoms with Gasteiger partial charge in [-0.2, -0.15) is 0 Å². The second kappa shape index (κ2) is 5.40. The summed E-state index contributed by atoms with van der Waals surface area (Å²) < 4.78 is 1.73. The van der Waals surface area contributed by atoms with Crippen LogP contribution in [-0.4, -0.2) is 34.2 Å². The normalized spacial score (nSPS) is 12.5. The summed E-state index contributed by atoms with van der Waals surface area (Å²) in [6, 6.07) is -0.497. The Morgan fingerprint density at radius 1 is 1.68 bits per heavy atom. The molecule has 1 unspecified atom stereocenters. The van der Waals surface area contributed by atoms with Crippen LogP contribution in [0.5, 0.6) is 0 Å². The minimum atomic E-state index is -0.497. The van der Waals surface area contributed by atoms with E-state index in [0.717, 1.165) is 17.7 Å². The fraction of sp³-hybridized carbons (Fsp3) is 0.417. The highest BCUT2D eigenvalue weighted by molar-refractivity contribution is 7.15. The number of aldehydes is 1. The highest BCUT2D eigenvalue weighted by atomic mass is 32.1. The van der Waals surface area contributed by atoms with Gasteiger partial charge in [0.2, 0.25) is 5.91 Å². The first-order chi connectivity index (χ1) is 9.10. The summed E-state index contributed by atoms with van der Waals surface area (Å²) in [5.41, 5.74) is 5.82. The lowest BCUT2D eigenvalue weighted by Gasteiger charge is -2.27. The zero-order valence-electron chi connectivity index (χ0n) is 10.9. The number of carbonyl (C=O) groups is 2. The molecule has 7 heteroatoms. The third kappa shape index (κ3) is 2.33. The van der Waals surface area contributed by atoms with Gasteiger partial charge >= 0.3 is 0 Å². The van der Waals surface area contributed by atoms with Gasteiger partial charge in [0.05, 0.1) is 0 Å². The number of thiazole rings is 1. The predicted molar refractivity (Wildman–Crippen MR) is 74.7 cm³/mol. The molecule has 0 aliphatic carbocycles. The highest BCUT2D eigenvalue weighted by Gasteiger charge is 2.25. The van der Waals surface area contributed by atoms with Gasteiger partial charge in [-0.15, -0.1) is 11.3 Å². The predicted octanol–water partition coefficient (Wildman–Crippen LogP) is 1.30. The van der Waals surface area contributed by atoms with Crippen molar-refractivity contribution in [3.05, 3.63) is 17.3 Å². The number of rotatable bonds is 6. The third-order valence-corrected chi connectivity index (χ3v) is 3.76. The molecule has 2 heterocycles. The number of hydrogen-bond acceptors (Lipinski definition) is 5. The number of primary amides is 1. The molecule has 0 bridgehead atoms. The molecule has 102 valence electrons. The first-order valence-electron chi connectivity index (χ1n) is 6.06. The molecule has 0 fully saturated rings. The van der Waals surface area contributed by atoms with Gasteiger partial charge in [0, 0.05) is 18.1 Å². The second-order valence-electron chi connectivity index (χ2n) is 4.27. The van der Waals surface area contributed by atoms with Crippen LogP contribution in [0, 0.1) is 0 Å². The zero-order valence-corrected chi connectivity index (χ0v) is 11.7. The molecule has 6 nitrogen and oxygen atoms in total. The average molecular weight is 280 g/mol. The highest BCUT2D eigenvalue weighted by Crippen LogP contribution is 2.25.